The molecule has 0 saturated carbocycles. The van der Waals surface area contributed by atoms with Crippen molar-refractivity contribution in [1.82, 2.24) is 10.3 Å². The Balaban J connectivity index is 2.15. The molecule has 5 heteroatoms. The number of thiophene rings is 1. The molecule has 2 heterocycles. The van der Waals surface area contributed by atoms with Gasteiger partial charge in [0.05, 0.1) is 5.41 Å². The van der Waals surface area contributed by atoms with Crippen LogP contribution >= 0.6 is 11.3 Å². The predicted molar refractivity (Wildman–Crippen MR) is 76.0 cm³/mol. The molecule has 1 amide bonds. The number of fused-ring (bicyclic) bond motifs is 1. The second-order valence-electron chi connectivity index (χ2n) is 4.81. The number of nitrogens with zero attached hydrogens (tertiary/aromatic N) is 1. The van der Waals surface area contributed by atoms with Crippen molar-refractivity contribution in [3.05, 3.63) is 23.7 Å². The average Bonchev–Trinajstić information content (AvgIpc) is 2.84. The second-order valence-corrected chi connectivity index (χ2v) is 5.76. The summed E-state index contributed by atoms with van der Waals surface area (Å²) in [5.41, 5.74) is -0.464. The zero-order chi connectivity index (χ0) is 13.2. The fraction of sp³-hybridized carbons (Fsp3) is 0.385. The number of anilines is 1. The van der Waals surface area contributed by atoms with Gasteiger partial charge in [-0.05, 0) is 31.4 Å². The molecule has 96 valence electrons. The first-order valence-electron chi connectivity index (χ1n) is 5.83. The van der Waals surface area contributed by atoms with Gasteiger partial charge in [0.1, 0.15) is 5.82 Å². The molecule has 0 atom stereocenters. The van der Waals surface area contributed by atoms with Crippen molar-refractivity contribution >= 4 is 33.1 Å². The molecule has 18 heavy (non-hydrogen) atoms. The third kappa shape index (κ3) is 2.46. The Labute approximate surface area is 110 Å². The normalized spacial score (nSPS) is 11.5. The monoisotopic (exact) mass is 263 g/mol. The number of carbonyl (C=O) groups is 1. The van der Waals surface area contributed by atoms with E-state index in [1.807, 2.05) is 31.4 Å². The smallest absolute Gasteiger partial charge is 0.227 e. The molecule has 0 bridgehead atoms. The van der Waals surface area contributed by atoms with Crippen LogP contribution in [0, 0.1) is 5.41 Å². The van der Waals surface area contributed by atoms with E-state index in [-0.39, 0.29) is 5.91 Å². The quantitative estimate of drug-likeness (QED) is 0.891. The molecule has 0 spiro atoms. The topological polar surface area (TPSA) is 54.0 Å². The zero-order valence-electron chi connectivity index (χ0n) is 10.8. The van der Waals surface area contributed by atoms with Gasteiger partial charge in [-0.2, -0.15) is 0 Å². The first-order chi connectivity index (χ1) is 8.54. The number of hydrogen-bond donors (Lipinski definition) is 2. The van der Waals surface area contributed by atoms with Gasteiger partial charge in [-0.3, -0.25) is 4.79 Å². The Kier molecular flexibility index (Phi) is 3.52. The Hall–Kier alpha value is -1.62. The number of amides is 1. The summed E-state index contributed by atoms with van der Waals surface area (Å²) in [5.74, 6) is 0.859. The molecule has 0 aromatic carbocycles. The molecule has 0 fully saturated rings. The van der Waals surface area contributed by atoms with Crippen molar-refractivity contribution in [2.24, 2.45) is 5.41 Å². The van der Waals surface area contributed by atoms with Gasteiger partial charge in [0.25, 0.3) is 0 Å². The van der Waals surface area contributed by atoms with Crippen LogP contribution < -0.4 is 10.6 Å². The van der Waals surface area contributed by atoms with E-state index in [4.69, 9.17) is 0 Å². The minimum atomic E-state index is -0.464. The molecule has 4 nitrogen and oxygen atoms in total. The predicted octanol–water partition coefficient (Wildman–Crippen LogP) is 2.48. The van der Waals surface area contributed by atoms with Crippen LogP contribution in [0.5, 0.6) is 0 Å². The second kappa shape index (κ2) is 4.94. The highest BCUT2D eigenvalue weighted by molar-refractivity contribution is 7.17. The molecule has 0 saturated heterocycles. The van der Waals surface area contributed by atoms with Crippen LogP contribution in [0.3, 0.4) is 0 Å². The van der Waals surface area contributed by atoms with E-state index in [0.29, 0.717) is 6.54 Å². The SMILES string of the molecule is CNC(=O)C(C)(C)CNc1nccc2sccc12. The molecule has 0 unspecified atom stereocenters. The van der Waals surface area contributed by atoms with E-state index in [0.717, 1.165) is 11.2 Å². The Bertz CT molecular complexity index is 562. The largest absolute Gasteiger partial charge is 0.368 e. The maximum Gasteiger partial charge on any atom is 0.227 e. The third-order valence-corrected chi connectivity index (χ3v) is 3.80. The summed E-state index contributed by atoms with van der Waals surface area (Å²) in [7, 11) is 1.65. The number of pyridine rings is 1. The summed E-state index contributed by atoms with van der Waals surface area (Å²) in [5, 5.41) is 9.09. The average molecular weight is 263 g/mol. The van der Waals surface area contributed by atoms with Crippen LogP contribution in [0.25, 0.3) is 10.1 Å². The molecule has 0 aliphatic heterocycles. The summed E-state index contributed by atoms with van der Waals surface area (Å²) >= 11 is 1.69. The fourth-order valence-electron chi connectivity index (χ4n) is 1.76. The van der Waals surface area contributed by atoms with E-state index in [9.17, 15) is 4.79 Å². The maximum atomic E-state index is 11.7. The van der Waals surface area contributed by atoms with E-state index in [1.165, 1.54) is 4.70 Å². The third-order valence-electron chi connectivity index (χ3n) is 2.92. The lowest BCUT2D eigenvalue weighted by atomic mass is 9.92. The molecule has 2 N–H and O–H groups in total. The number of nitrogens with one attached hydrogen (secondary N) is 2. The number of rotatable bonds is 4. The number of aromatic nitrogens is 1. The van der Waals surface area contributed by atoms with Crippen LogP contribution in [0.1, 0.15) is 13.8 Å². The van der Waals surface area contributed by atoms with Crippen molar-refractivity contribution in [3.63, 3.8) is 0 Å². The lowest BCUT2D eigenvalue weighted by Crippen LogP contribution is -2.39. The molecule has 0 aliphatic carbocycles. The van der Waals surface area contributed by atoms with Gasteiger partial charge in [-0.25, -0.2) is 4.98 Å². The summed E-state index contributed by atoms with van der Waals surface area (Å²) in [6, 6.07) is 4.04. The molecule has 0 radical (unpaired) electrons. The van der Waals surface area contributed by atoms with Gasteiger partial charge in [-0.1, -0.05) is 0 Å². The van der Waals surface area contributed by atoms with Gasteiger partial charge in [-0.15, -0.1) is 11.3 Å². The van der Waals surface area contributed by atoms with Crippen LogP contribution in [0.2, 0.25) is 0 Å². The first-order valence-corrected chi connectivity index (χ1v) is 6.71. The Morgan fingerprint density at radius 1 is 1.44 bits per heavy atom. The van der Waals surface area contributed by atoms with Crippen LogP contribution in [0.15, 0.2) is 23.7 Å². The molecule has 2 aromatic rings. The Morgan fingerprint density at radius 2 is 2.22 bits per heavy atom. The zero-order valence-corrected chi connectivity index (χ0v) is 11.6. The van der Waals surface area contributed by atoms with Crippen LogP contribution in [0.4, 0.5) is 5.82 Å². The first kappa shape index (κ1) is 12.8. The van der Waals surface area contributed by atoms with Gasteiger partial charge in [0.2, 0.25) is 5.91 Å². The molecule has 2 rings (SSSR count). The highest BCUT2D eigenvalue weighted by Gasteiger charge is 2.26. The lowest BCUT2D eigenvalue weighted by Gasteiger charge is -2.23. The van der Waals surface area contributed by atoms with Gasteiger partial charge in [0, 0.05) is 29.9 Å². The van der Waals surface area contributed by atoms with Crippen molar-refractivity contribution in [1.29, 1.82) is 0 Å². The Morgan fingerprint density at radius 3 is 2.94 bits per heavy atom. The maximum absolute atomic E-state index is 11.7. The van der Waals surface area contributed by atoms with Crippen molar-refractivity contribution in [2.45, 2.75) is 13.8 Å². The van der Waals surface area contributed by atoms with Crippen molar-refractivity contribution in [2.75, 3.05) is 18.9 Å². The molecular formula is C13H17N3OS. The minimum Gasteiger partial charge on any atom is -0.368 e. The number of hydrogen-bond acceptors (Lipinski definition) is 4. The van der Waals surface area contributed by atoms with Gasteiger partial charge >= 0.3 is 0 Å². The molecular weight excluding hydrogens is 246 g/mol. The fourth-order valence-corrected chi connectivity index (χ4v) is 2.54. The van der Waals surface area contributed by atoms with Crippen molar-refractivity contribution < 1.29 is 4.79 Å². The molecule has 2 aromatic heterocycles. The summed E-state index contributed by atoms with van der Waals surface area (Å²) in [4.78, 5) is 16.0. The standard InChI is InChI=1S/C13H17N3OS/c1-13(2,12(17)14-3)8-16-11-9-5-7-18-10(9)4-6-15-11/h4-7H,8H2,1-3H3,(H,14,17)(H,15,16). The molecule has 0 aliphatic rings. The lowest BCUT2D eigenvalue weighted by molar-refractivity contribution is -0.128. The van der Waals surface area contributed by atoms with E-state index in [1.54, 1.807) is 24.6 Å². The van der Waals surface area contributed by atoms with E-state index < -0.39 is 5.41 Å². The number of carbonyl (C=O) groups excluding carboxylic acids is 1. The highest BCUT2D eigenvalue weighted by Crippen LogP contribution is 2.26. The van der Waals surface area contributed by atoms with Crippen LogP contribution in [-0.2, 0) is 4.79 Å². The minimum absolute atomic E-state index is 0.0208. The highest BCUT2D eigenvalue weighted by atomic mass is 32.1. The van der Waals surface area contributed by atoms with E-state index >= 15 is 0 Å². The van der Waals surface area contributed by atoms with E-state index in [2.05, 4.69) is 15.6 Å². The van der Waals surface area contributed by atoms with Gasteiger partial charge in [0.15, 0.2) is 0 Å². The summed E-state index contributed by atoms with van der Waals surface area (Å²) in [6.45, 7) is 4.37. The van der Waals surface area contributed by atoms with Crippen molar-refractivity contribution in [3.8, 4) is 0 Å². The summed E-state index contributed by atoms with van der Waals surface area (Å²) < 4.78 is 1.20. The van der Waals surface area contributed by atoms with Crippen LogP contribution in [-0.4, -0.2) is 24.5 Å². The summed E-state index contributed by atoms with van der Waals surface area (Å²) in [6.07, 6.45) is 1.79. The van der Waals surface area contributed by atoms with Gasteiger partial charge < -0.3 is 10.6 Å².